The summed E-state index contributed by atoms with van der Waals surface area (Å²) >= 11 is 3.41. The number of hydrogen-bond acceptors (Lipinski definition) is 2. The summed E-state index contributed by atoms with van der Waals surface area (Å²) in [5.74, 6) is 1.30. The van der Waals surface area contributed by atoms with Gasteiger partial charge in [0.2, 0.25) is 0 Å². The Morgan fingerprint density at radius 3 is 2.68 bits per heavy atom. The fraction of sp³-hybridized carbons (Fsp3) is 0.200. The molecule has 0 bridgehead atoms. The molecule has 19 heavy (non-hydrogen) atoms. The van der Waals surface area contributed by atoms with Crippen molar-refractivity contribution in [3.05, 3.63) is 59.4 Å². The molecule has 100 valence electrons. The van der Waals surface area contributed by atoms with Gasteiger partial charge in [0.1, 0.15) is 23.9 Å². The number of rotatable bonds is 5. The van der Waals surface area contributed by atoms with Crippen LogP contribution in [0.4, 0.5) is 4.39 Å². The SMILES string of the molecule is COc1ccc(OCc2cccc(F)c2)c(CBr)c1. The molecule has 0 aromatic heterocycles. The molecular weight excluding hydrogens is 311 g/mol. The molecule has 0 unspecified atom stereocenters. The minimum absolute atomic E-state index is 0.253. The predicted octanol–water partition coefficient (Wildman–Crippen LogP) is 4.31. The molecule has 2 aromatic rings. The lowest BCUT2D eigenvalue weighted by Gasteiger charge is -2.11. The van der Waals surface area contributed by atoms with E-state index in [0.29, 0.717) is 11.9 Å². The highest BCUT2D eigenvalue weighted by atomic mass is 79.9. The number of alkyl halides is 1. The molecule has 0 radical (unpaired) electrons. The summed E-state index contributed by atoms with van der Waals surface area (Å²) in [4.78, 5) is 0. The Morgan fingerprint density at radius 1 is 1.16 bits per heavy atom. The minimum Gasteiger partial charge on any atom is -0.497 e. The van der Waals surface area contributed by atoms with E-state index in [-0.39, 0.29) is 5.82 Å². The maximum absolute atomic E-state index is 13.1. The van der Waals surface area contributed by atoms with Gasteiger partial charge < -0.3 is 9.47 Å². The van der Waals surface area contributed by atoms with Gasteiger partial charge in [0.15, 0.2) is 0 Å². The predicted molar refractivity (Wildman–Crippen MR) is 76.4 cm³/mol. The zero-order chi connectivity index (χ0) is 13.7. The number of halogens is 2. The fourth-order valence-electron chi connectivity index (χ4n) is 1.72. The maximum Gasteiger partial charge on any atom is 0.124 e. The van der Waals surface area contributed by atoms with Crippen molar-refractivity contribution < 1.29 is 13.9 Å². The van der Waals surface area contributed by atoms with Gasteiger partial charge in [-0.15, -0.1) is 0 Å². The lowest BCUT2D eigenvalue weighted by atomic mass is 10.2. The third-order valence-electron chi connectivity index (χ3n) is 2.69. The summed E-state index contributed by atoms with van der Waals surface area (Å²) in [5, 5.41) is 0.669. The Hall–Kier alpha value is -1.55. The van der Waals surface area contributed by atoms with Crippen molar-refractivity contribution in [2.75, 3.05) is 7.11 Å². The van der Waals surface area contributed by atoms with Crippen molar-refractivity contribution in [1.82, 2.24) is 0 Å². The van der Waals surface area contributed by atoms with Crippen LogP contribution in [-0.2, 0) is 11.9 Å². The van der Waals surface area contributed by atoms with Crippen LogP contribution < -0.4 is 9.47 Å². The number of hydrogen-bond donors (Lipinski definition) is 0. The second-order valence-electron chi connectivity index (χ2n) is 4.03. The first-order valence-corrected chi connectivity index (χ1v) is 6.95. The van der Waals surface area contributed by atoms with Crippen LogP contribution >= 0.6 is 15.9 Å². The van der Waals surface area contributed by atoms with E-state index in [1.807, 2.05) is 24.3 Å². The van der Waals surface area contributed by atoms with Crippen molar-refractivity contribution in [3.63, 3.8) is 0 Å². The smallest absolute Gasteiger partial charge is 0.124 e. The summed E-state index contributed by atoms with van der Waals surface area (Å²) in [6.45, 7) is 0.337. The zero-order valence-corrected chi connectivity index (χ0v) is 12.1. The Kier molecular flexibility index (Phi) is 4.80. The number of ether oxygens (including phenoxy) is 2. The van der Waals surface area contributed by atoms with Gasteiger partial charge in [-0.3, -0.25) is 0 Å². The van der Waals surface area contributed by atoms with Crippen LogP contribution in [-0.4, -0.2) is 7.11 Å². The van der Waals surface area contributed by atoms with E-state index in [2.05, 4.69) is 15.9 Å². The average Bonchev–Trinajstić information content (AvgIpc) is 2.45. The van der Waals surface area contributed by atoms with Crippen LogP contribution in [0.15, 0.2) is 42.5 Å². The van der Waals surface area contributed by atoms with E-state index in [1.165, 1.54) is 12.1 Å². The van der Waals surface area contributed by atoms with Gasteiger partial charge in [0.25, 0.3) is 0 Å². The maximum atomic E-state index is 13.1. The third kappa shape index (κ3) is 3.70. The van der Waals surface area contributed by atoms with Gasteiger partial charge in [0.05, 0.1) is 7.11 Å². The van der Waals surface area contributed by atoms with E-state index in [1.54, 1.807) is 13.2 Å². The van der Waals surface area contributed by atoms with E-state index in [4.69, 9.17) is 9.47 Å². The van der Waals surface area contributed by atoms with Crippen LogP contribution in [0.3, 0.4) is 0 Å². The third-order valence-corrected chi connectivity index (χ3v) is 3.30. The molecule has 0 aliphatic carbocycles. The van der Waals surface area contributed by atoms with E-state index in [9.17, 15) is 4.39 Å². The highest BCUT2D eigenvalue weighted by molar-refractivity contribution is 9.08. The molecule has 4 heteroatoms. The highest BCUT2D eigenvalue weighted by Gasteiger charge is 2.05. The topological polar surface area (TPSA) is 18.5 Å². The largest absolute Gasteiger partial charge is 0.497 e. The molecule has 0 saturated carbocycles. The van der Waals surface area contributed by atoms with Gasteiger partial charge >= 0.3 is 0 Å². The highest BCUT2D eigenvalue weighted by Crippen LogP contribution is 2.26. The molecule has 0 atom stereocenters. The van der Waals surface area contributed by atoms with Crippen molar-refractivity contribution in [2.45, 2.75) is 11.9 Å². The van der Waals surface area contributed by atoms with Crippen LogP contribution in [0.2, 0.25) is 0 Å². The fourth-order valence-corrected chi connectivity index (χ4v) is 2.15. The summed E-state index contributed by atoms with van der Waals surface area (Å²) in [6.07, 6.45) is 0. The van der Waals surface area contributed by atoms with Gasteiger partial charge in [-0.05, 0) is 35.9 Å². The molecule has 0 N–H and O–H groups in total. The monoisotopic (exact) mass is 324 g/mol. The van der Waals surface area contributed by atoms with E-state index >= 15 is 0 Å². The molecule has 0 aliphatic rings. The lowest BCUT2D eigenvalue weighted by Crippen LogP contribution is -1.98. The summed E-state index contributed by atoms with van der Waals surface area (Å²) in [5.41, 5.74) is 1.80. The van der Waals surface area contributed by atoms with E-state index in [0.717, 1.165) is 22.6 Å². The summed E-state index contributed by atoms with van der Waals surface area (Å²) < 4.78 is 23.9. The van der Waals surface area contributed by atoms with E-state index < -0.39 is 0 Å². The second kappa shape index (κ2) is 6.57. The first kappa shape index (κ1) is 13.9. The Balaban J connectivity index is 2.11. The molecule has 2 aromatic carbocycles. The van der Waals surface area contributed by atoms with Gasteiger partial charge in [0, 0.05) is 10.9 Å². The molecule has 0 fully saturated rings. The summed E-state index contributed by atoms with van der Waals surface area (Å²) in [7, 11) is 1.63. The van der Waals surface area contributed by atoms with Gasteiger partial charge in [-0.25, -0.2) is 4.39 Å². The van der Waals surface area contributed by atoms with Crippen LogP contribution in [0.5, 0.6) is 11.5 Å². The minimum atomic E-state index is -0.253. The first-order chi connectivity index (χ1) is 9.22. The van der Waals surface area contributed by atoms with Crippen molar-refractivity contribution >= 4 is 15.9 Å². The van der Waals surface area contributed by atoms with Crippen LogP contribution in [0.1, 0.15) is 11.1 Å². The molecule has 0 heterocycles. The average molecular weight is 325 g/mol. The molecule has 2 rings (SSSR count). The summed E-state index contributed by atoms with van der Waals surface area (Å²) in [6, 6.07) is 12.0. The zero-order valence-electron chi connectivity index (χ0n) is 10.5. The number of benzene rings is 2. The normalized spacial score (nSPS) is 10.3. The van der Waals surface area contributed by atoms with Crippen molar-refractivity contribution in [1.29, 1.82) is 0 Å². The standard InChI is InChI=1S/C15H14BrFO2/c1-18-14-5-6-15(12(8-14)9-16)19-10-11-3-2-4-13(17)7-11/h2-8H,9-10H2,1H3. The van der Waals surface area contributed by atoms with Crippen molar-refractivity contribution in [2.24, 2.45) is 0 Å². The number of methoxy groups -OCH3 is 1. The molecular formula is C15H14BrFO2. The Labute approximate surface area is 120 Å². The molecule has 0 spiro atoms. The van der Waals surface area contributed by atoms with Gasteiger partial charge in [-0.1, -0.05) is 28.1 Å². The Morgan fingerprint density at radius 2 is 2.00 bits per heavy atom. The second-order valence-corrected chi connectivity index (χ2v) is 4.59. The quantitative estimate of drug-likeness (QED) is 0.763. The Bertz CT molecular complexity index is 558. The lowest BCUT2D eigenvalue weighted by molar-refractivity contribution is 0.302. The molecule has 0 saturated heterocycles. The van der Waals surface area contributed by atoms with Gasteiger partial charge in [-0.2, -0.15) is 0 Å². The van der Waals surface area contributed by atoms with Crippen molar-refractivity contribution in [3.8, 4) is 11.5 Å². The molecule has 0 aliphatic heterocycles. The van der Waals surface area contributed by atoms with Crippen LogP contribution in [0, 0.1) is 5.82 Å². The van der Waals surface area contributed by atoms with Crippen LogP contribution in [0.25, 0.3) is 0 Å². The first-order valence-electron chi connectivity index (χ1n) is 5.83. The molecule has 2 nitrogen and oxygen atoms in total. The molecule has 0 amide bonds.